The summed E-state index contributed by atoms with van der Waals surface area (Å²) in [6, 6.07) is 0. The zero-order chi connectivity index (χ0) is 16.9. The second kappa shape index (κ2) is 5.17. The first-order valence-electron chi connectivity index (χ1n) is 6.72. The largest absolute Gasteiger partial charge is 0.504 e. The number of carbonyl (C=O) groups is 2. The van der Waals surface area contributed by atoms with E-state index in [1.54, 1.807) is 0 Å². The van der Waals surface area contributed by atoms with Gasteiger partial charge >= 0.3 is 0 Å². The molecule has 0 fully saturated rings. The molecule has 1 aliphatic heterocycles. The maximum Gasteiger partial charge on any atom is 0.232 e. The standard InChI is InChI=1S/C15H14O8/c1-5(16)6-9(17)7-8(11(19)12(6)20-2)13-15(23-4-22-13)14(21-3)10(7)18/h5,16,18H,4H2,1-3H3. The molecule has 1 aromatic carbocycles. The predicted octanol–water partition coefficient (Wildman–Crippen LogP) is 0.790. The highest BCUT2D eigenvalue weighted by Gasteiger charge is 2.44. The van der Waals surface area contributed by atoms with Crippen LogP contribution in [0.3, 0.4) is 0 Å². The van der Waals surface area contributed by atoms with Crippen molar-refractivity contribution >= 4 is 11.6 Å². The normalized spacial score (nSPS) is 17.2. The van der Waals surface area contributed by atoms with Crippen LogP contribution < -0.4 is 14.2 Å². The van der Waals surface area contributed by atoms with Crippen LogP contribution in [0.1, 0.15) is 27.6 Å². The number of aromatic hydroxyl groups is 1. The summed E-state index contributed by atoms with van der Waals surface area (Å²) in [6.45, 7) is 1.14. The molecule has 0 aromatic heterocycles. The van der Waals surface area contributed by atoms with Gasteiger partial charge in [0.15, 0.2) is 23.0 Å². The van der Waals surface area contributed by atoms with Gasteiger partial charge in [-0.3, -0.25) is 9.59 Å². The molecule has 1 aromatic rings. The van der Waals surface area contributed by atoms with Crippen molar-refractivity contribution in [2.75, 3.05) is 21.0 Å². The van der Waals surface area contributed by atoms with Gasteiger partial charge < -0.3 is 29.2 Å². The molecule has 23 heavy (non-hydrogen) atoms. The third kappa shape index (κ3) is 1.88. The van der Waals surface area contributed by atoms with E-state index in [0.29, 0.717) is 0 Å². The Balaban J connectivity index is 2.38. The summed E-state index contributed by atoms with van der Waals surface area (Å²) >= 11 is 0. The topological polar surface area (TPSA) is 112 Å². The lowest BCUT2D eigenvalue weighted by molar-refractivity contribution is 0.0865. The highest BCUT2D eigenvalue weighted by atomic mass is 16.7. The summed E-state index contributed by atoms with van der Waals surface area (Å²) in [4.78, 5) is 25.4. The number of aliphatic hydroxyl groups excluding tert-OH is 1. The smallest absolute Gasteiger partial charge is 0.232 e. The maximum atomic E-state index is 12.7. The third-order valence-electron chi connectivity index (χ3n) is 3.72. The zero-order valence-electron chi connectivity index (χ0n) is 12.6. The van der Waals surface area contributed by atoms with Gasteiger partial charge in [0.05, 0.1) is 37.0 Å². The number of ketones is 2. The molecule has 2 N–H and O–H groups in total. The van der Waals surface area contributed by atoms with Crippen LogP contribution in [-0.4, -0.2) is 48.9 Å². The summed E-state index contributed by atoms with van der Waals surface area (Å²) in [5, 5.41) is 20.2. The van der Waals surface area contributed by atoms with E-state index >= 15 is 0 Å². The summed E-state index contributed by atoms with van der Waals surface area (Å²) in [7, 11) is 2.50. The number of ether oxygens (including phenoxy) is 4. The molecule has 3 rings (SSSR count). The summed E-state index contributed by atoms with van der Waals surface area (Å²) < 4.78 is 20.6. The second-order valence-electron chi connectivity index (χ2n) is 4.98. The first-order chi connectivity index (χ1) is 10.9. The van der Waals surface area contributed by atoms with E-state index in [2.05, 4.69) is 0 Å². The average Bonchev–Trinajstić information content (AvgIpc) is 2.98. The number of phenolic OH excluding ortho intramolecular Hbond substituents is 1. The highest BCUT2D eigenvalue weighted by Crippen LogP contribution is 2.53. The van der Waals surface area contributed by atoms with Crippen LogP contribution in [0.4, 0.5) is 0 Å². The van der Waals surface area contributed by atoms with Crippen LogP contribution in [0.25, 0.3) is 0 Å². The van der Waals surface area contributed by atoms with Crippen molar-refractivity contribution in [2.45, 2.75) is 13.0 Å². The molecule has 0 radical (unpaired) electrons. The van der Waals surface area contributed by atoms with E-state index in [-0.39, 0.29) is 46.5 Å². The van der Waals surface area contributed by atoms with Crippen molar-refractivity contribution in [2.24, 2.45) is 0 Å². The van der Waals surface area contributed by atoms with Gasteiger partial charge in [-0.25, -0.2) is 0 Å². The minimum atomic E-state index is -1.26. The number of allylic oxidation sites excluding steroid dienone is 1. The summed E-state index contributed by atoms with van der Waals surface area (Å²) in [5.74, 6) is -2.31. The highest BCUT2D eigenvalue weighted by molar-refractivity contribution is 6.29. The zero-order valence-corrected chi connectivity index (χ0v) is 12.6. The Hall–Kier alpha value is -2.74. The molecule has 1 aliphatic carbocycles. The number of benzene rings is 1. The first kappa shape index (κ1) is 15.2. The third-order valence-corrected chi connectivity index (χ3v) is 3.72. The molecule has 1 atom stereocenters. The minimum absolute atomic E-state index is 0.00666. The molecule has 0 bridgehead atoms. The fourth-order valence-corrected chi connectivity index (χ4v) is 2.77. The Morgan fingerprint density at radius 3 is 2.26 bits per heavy atom. The number of Topliss-reactive ketones (excluding diaryl/α,β-unsaturated/α-hetero) is 2. The van der Waals surface area contributed by atoms with Gasteiger partial charge in [-0.05, 0) is 6.92 Å². The Kier molecular flexibility index (Phi) is 3.41. The fraction of sp³-hybridized carbons (Fsp3) is 0.333. The SMILES string of the molecule is COC1=C(C(C)O)C(=O)c2c(O)c(OC)c3c(c2C1=O)OCO3. The molecule has 0 amide bonds. The van der Waals surface area contributed by atoms with Crippen molar-refractivity contribution in [3.8, 4) is 23.0 Å². The van der Waals surface area contributed by atoms with E-state index in [0.717, 1.165) is 0 Å². The van der Waals surface area contributed by atoms with Gasteiger partial charge in [0.2, 0.25) is 24.1 Å². The molecule has 1 unspecified atom stereocenters. The number of fused-ring (bicyclic) bond motifs is 3. The average molecular weight is 322 g/mol. The van der Waals surface area contributed by atoms with Gasteiger partial charge in [-0.15, -0.1) is 0 Å². The molecule has 2 aliphatic rings. The van der Waals surface area contributed by atoms with Gasteiger partial charge in [-0.1, -0.05) is 0 Å². The second-order valence-corrected chi connectivity index (χ2v) is 4.98. The summed E-state index contributed by atoms with van der Waals surface area (Å²) in [6.07, 6.45) is -1.26. The number of hydrogen-bond donors (Lipinski definition) is 2. The summed E-state index contributed by atoms with van der Waals surface area (Å²) in [5.41, 5.74) is -0.698. The van der Waals surface area contributed by atoms with Crippen LogP contribution in [0, 0.1) is 0 Å². The molecule has 8 heteroatoms. The number of aliphatic hydroxyl groups is 1. The van der Waals surface area contributed by atoms with E-state index in [1.165, 1.54) is 21.1 Å². The number of methoxy groups -OCH3 is 2. The minimum Gasteiger partial charge on any atom is -0.504 e. The van der Waals surface area contributed by atoms with E-state index in [1.807, 2.05) is 0 Å². The lowest BCUT2D eigenvalue weighted by Crippen LogP contribution is -2.29. The quantitative estimate of drug-likeness (QED) is 0.840. The van der Waals surface area contributed by atoms with E-state index in [9.17, 15) is 19.8 Å². The number of rotatable bonds is 3. The van der Waals surface area contributed by atoms with Gasteiger partial charge in [0, 0.05) is 0 Å². The lowest BCUT2D eigenvalue weighted by atomic mass is 9.84. The van der Waals surface area contributed by atoms with Crippen molar-refractivity contribution < 1.29 is 38.7 Å². The van der Waals surface area contributed by atoms with Crippen LogP contribution in [0.2, 0.25) is 0 Å². The maximum absolute atomic E-state index is 12.7. The van der Waals surface area contributed by atoms with Crippen LogP contribution in [0.15, 0.2) is 11.3 Å². The monoisotopic (exact) mass is 322 g/mol. The Labute approximate surface area is 130 Å². The van der Waals surface area contributed by atoms with E-state index < -0.39 is 23.4 Å². The molecule has 8 nitrogen and oxygen atoms in total. The molecule has 0 saturated carbocycles. The first-order valence-corrected chi connectivity index (χ1v) is 6.72. The van der Waals surface area contributed by atoms with Crippen LogP contribution in [-0.2, 0) is 4.74 Å². The molecule has 0 spiro atoms. The number of carbonyl (C=O) groups excluding carboxylic acids is 2. The van der Waals surface area contributed by atoms with Crippen molar-refractivity contribution in [3.05, 3.63) is 22.5 Å². The molecular weight excluding hydrogens is 308 g/mol. The van der Waals surface area contributed by atoms with Gasteiger partial charge in [0.25, 0.3) is 0 Å². The predicted molar refractivity (Wildman–Crippen MR) is 75.2 cm³/mol. The van der Waals surface area contributed by atoms with Crippen LogP contribution in [0.5, 0.6) is 23.0 Å². The molecular formula is C15H14O8. The van der Waals surface area contributed by atoms with Gasteiger partial charge in [0.1, 0.15) is 0 Å². The van der Waals surface area contributed by atoms with Crippen LogP contribution >= 0.6 is 0 Å². The Morgan fingerprint density at radius 2 is 1.70 bits per heavy atom. The lowest BCUT2D eigenvalue weighted by Gasteiger charge is -2.24. The van der Waals surface area contributed by atoms with Crippen molar-refractivity contribution in [1.82, 2.24) is 0 Å². The molecule has 1 heterocycles. The Morgan fingerprint density at radius 1 is 1.04 bits per heavy atom. The fourth-order valence-electron chi connectivity index (χ4n) is 2.77. The van der Waals surface area contributed by atoms with Crippen molar-refractivity contribution in [3.63, 3.8) is 0 Å². The Bertz CT molecular complexity index is 759. The molecule has 0 saturated heterocycles. The van der Waals surface area contributed by atoms with Gasteiger partial charge in [-0.2, -0.15) is 0 Å². The van der Waals surface area contributed by atoms with E-state index in [4.69, 9.17) is 18.9 Å². The molecule has 122 valence electrons. The number of phenols is 1. The van der Waals surface area contributed by atoms with Crippen molar-refractivity contribution in [1.29, 1.82) is 0 Å². The number of hydrogen-bond acceptors (Lipinski definition) is 8.